The fourth-order valence-electron chi connectivity index (χ4n) is 0.726. The summed E-state index contributed by atoms with van der Waals surface area (Å²) in [6.45, 7) is 4.39. The number of hydrogen-bond donors (Lipinski definition) is 2. The number of hydrazine groups is 1. The first-order valence-electron chi connectivity index (χ1n) is 4.24. The van der Waals surface area contributed by atoms with Crippen LogP contribution in [0.15, 0.2) is 0 Å². The molecule has 0 unspecified atom stereocenters. The second kappa shape index (κ2) is 7.43. The van der Waals surface area contributed by atoms with Crippen molar-refractivity contribution in [1.82, 2.24) is 5.43 Å². The van der Waals surface area contributed by atoms with Gasteiger partial charge in [-0.25, -0.2) is 5.84 Å². The van der Waals surface area contributed by atoms with E-state index in [0.29, 0.717) is 6.42 Å². The van der Waals surface area contributed by atoms with Crippen molar-refractivity contribution in [2.75, 3.05) is 11.5 Å². The number of nitrogens with two attached hydrogens (primary N) is 1. The zero-order chi connectivity index (χ0) is 9.40. The maximum absolute atomic E-state index is 10.7. The molecule has 0 aromatic rings. The summed E-state index contributed by atoms with van der Waals surface area (Å²) < 4.78 is 0. The quantitative estimate of drug-likeness (QED) is 0.286. The molecule has 0 aromatic heterocycles. The van der Waals surface area contributed by atoms with E-state index in [1.54, 1.807) is 0 Å². The predicted octanol–water partition coefficient (Wildman–Crippen LogP) is 1.15. The molecule has 72 valence electrons. The van der Waals surface area contributed by atoms with Crippen molar-refractivity contribution in [2.45, 2.75) is 26.7 Å². The highest BCUT2D eigenvalue weighted by Crippen LogP contribution is 2.09. The Morgan fingerprint density at radius 1 is 1.58 bits per heavy atom. The van der Waals surface area contributed by atoms with Crippen LogP contribution >= 0.6 is 11.8 Å². The predicted molar refractivity (Wildman–Crippen MR) is 53.7 cm³/mol. The molecule has 0 aromatic carbocycles. The summed E-state index contributed by atoms with van der Waals surface area (Å²) in [7, 11) is 0. The van der Waals surface area contributed by atoms with Crippen LogP contribution < -0.4 is 11.3 Å². The maximum atomic E-state index is 10.7. The number of amides is 1. The topological polar surface area (TPSA) is 55.1 Å². The van der Waals surface area contributed by atoms with E-state index >= 15 is 0 Å². The highest BCUT2D eigenvalue weighted by atomic mass is 32.2. The number of carbonyl (C=O) groups excluding carboxylic acids is 1. The molecule has 0 aliphatic heterocycles. The van der Waals surface area contributed by atoms with E-state index in [1.807, 2.05) is 11.8 Å². The fourth-order valence-corrected chi connectivity index (χ4v) is 1.71. The molecule has 0 aliphatic carbocycles. The van der Waals surface area contributed by atoms with Gasteiger partial charge in [0.1, 0.15) is 0 Å². The van der Waals surface area contributed by atoms with Gasteiger partial charge < -0.3 is 0 Å². The summed E-state index contributed by atoms with van der Waals surface area (Å²) in [5, 5.41) is 0. The summed E-state index contributed by atoms with van der Waals surface area (Å²) in [6.07, 6.45) is 1.46. The zero-order valence-electron chi connectivity index (χ0n) is 7.80. The largest absolute Gasteiger partial charge is 0.294 e. The van der Waals surface area contributed by atoms with E-state index in [0.717, 1.165) is 18.1 Å². The van der Waals surface area contributed by atoms with Gasteiger partial charge in [0.25, 0.3) is 0 Å². The van der Waals surface area contributed by atoms with Crippen molar-refractivity contribution in [3.05, 3.63) is 0 Å². The van der Waals surface area contributed by atoms with Crippen molar-refractivity contribution in [2.24, 2.45) is 11.8 Å². The Labute approximate surface area is 78.4 Å². The molecule has 0 rings (SSSR count). The molecule has 0 saturated heterocycles. The Balaban J connectivity index is 3.05. The molecule has 1 amide bonds. The minimum atomic E-state index is -0.0693. The highest BCUT2D eigenvalue weighted by Gasteiger charge is 1.98. The third-order valence-electron chi connectivity index (χ3n) is 1.30. The summed E-state index contributed by atoms with van der Waals surface area (Å²) in [5.74, 6) is 7.81. The Morgan fingerprint density at radius 3 is 2.75 bits per heavy atom. The average molecular weight is 190 g/mol. The lowest BCUT2D eigenvalue weighted by molar-refractivity contribution is -0.121. The van der Waals surface area contributed by atoms with E-state index in [-0.39, 0.29) is 5.91 Å². The first-order chi connectivity index (χ1) is 5.66. The van der Waals surface area contributed by atoms with Crippen LogP contribution in [-0.4, -0.2) is 17.4 Å². The lowest BCUT2D eigenvalue weighted by Crippen LogP contribution is -2.29. The molecule has 3 N–H and O–H groups in total. The van der Waals surface area contributed by atoms with Gasteiger partial charge in [0.15, 0.2) is 0 Å². The molecule has 0 fully saturated rings. The Hall–Kier alpha value is -0.220. The van der Waals surface area contributed by atoms with E-state index in [9.17, 15) is 4.79 Å². The highest BCUT2D eigenvalue weighted by molar-refractivity contribution is 7.99. The molecule has 0 aliphatic rings. The van der Waals surface area contributed by atoms with Crippen LogP contribution in [0.1, 0.15) is 26.7 Å². The van der Waals surface area contributed by atoms with Crippen molar-refractivity contribution in [1.29, 1.82) is 0 Å². The molecule has 0 atom stereocenters. The Kier molecular flexibility index (Phi) is 7.29. The van der Waals surface area contributed by atoms with Crippen molar-refractivity contribution in [3.63, 3.8) is 0 Å². The molecule has 0 heterocycles. The van der Waals surface area contributed by atoms with Gasteiger partial charge in [-0.1, -0.05) is 13.8 Å². The molecule has 0 radical (unpaired) electrons. The van der Waals surface area contributed by atoms with Gasteiger partial charge in [0.05, 0.1) is 0 Å². The number of thioether (sulfide) groups is 1. The van der Waals surface area contributed by atoms with Gasteiger partial charge in [-0.3, -0.25) is 10.2 Å². The van der Waals surface area contributed by atoms with Crippen LogP contribution in [0.5, 0.6) is 0 Å². The summed E-state index contributed by atoms with van der Waals surface area (Å²) >= 11 is 1.89. The summed E-state index contributed by atoms with van der Waals surface area (Å²) in [4.78, 5) is 10.7. The van der Waals surface area contributed by atoms with Crippen LogP contribution in [0.4, 0.5) is 0 Å². The fraction of sp³-hybridized carbons (Fsp3) is 0.875. The smallest absolute Gasteiger partial charge is 0.233 e. The number of nitrogens with one attached hydrogen (secondary N) is 1. The van der Waals surface area contributed by atoms with Crippen LogP contribution in [0.2, 0.25) is 0 Å². The lowest BCUT2D eigenvalue weighted by Gasteiger charge is -2.03. The Bertz CT molecular complexity index is 128. The average Bonchev–Trinajstić information content (AvgIpc) is 2.03. The maximum Gasteiger partial charge on any atom is 0.233 e. The van der Waals surface area contributed by atoms with E-state index in [2.05, 4.69) is 19.3 Å². The van der Waals surface area contributed by atoms with Crippen LogP contribution in [0.3, 0.4) is 0 Å². The standard InChI is InChI=1S/C8H18N2OS/c1-7(2)6-12-5-3-4-8(11)10-9/h7H,3-6,9H2,1-2H3,(H,10,11). The Morgan fingerprint density at radius 2 is 2.25 bits per heavy atom. The van der Waals surface area contributed by atoms with E-state index < -0.39 is 0 Å². The van der Waals surface area contributed by atoms with Gasteiger partial charge in [-0.15, -0.1) is 0 Å². The molecule has 0 spiro atoms. The number of hydrogen-bond acceptors (Lipinski definition) is 3. The van der Waals surface area contributed by atoms with Gasteiger partial charge in [0, 0.05) is 6.42 Å². The third-order valence-corrected chi connectivity index (χ3v) is 2.78. The third kappa shape index (κ3) is 7.88. The first kappa shape index (κ1) is 11.8. The monoisotopic (exact) mass is 190 g/mol. The van der Waals surface area contributed by atoms with Crippen LogP contribution in [-0.2, 0) is 4.79 Å². The summed E-state index contributed by atoms with van der Waals surface area (Å²) in [6, 6.07) is 0. The first-order valence-corrected chi connectivity index (χ1v) is 5.39. The van der Waals surface area contributed by atoms with Crippen LogP contribution in [0, 0.1) is 5.92 Å². The molecule has 12 heavy (non-hydrogen) atoms. The molecule has 0 bridgehead atoms. The molecule has 0 saturated carbocycles. The lowest BCUT2D eigenvalue weighted by atomic mass is 10.3. The van der Waals surface area contributed by atoms with Crippen molar-refractivity contribution < 1.29 is 4.79 Å². The van der Waals surface area contributed by atoms with Gasteiger partial charge >= 0.3 is 0 Å². The zero-order valence-corrected chi connectivity index (χ0v) is 8.62. The SMILES string of the molecule is CC(C)CSCCCC(=O)NN. The molecule has 3 nitrogen and oxygen atoms in total. The van der Waals surface area contributed by atoms with E-state index in [1.165, 1.54) is 5.75 Å². The second-order valence-electron chi connectivity index (χ2n) is 3.14. The normalized spacial score (nSPS) is 10.3. The number of carbonyl (C=O) groups is 1. The molecular weight excluding hydrogens is 172 g/mol. The van der Waals surface area contributed by atoms with Crippen LogP contribution in [0.25, 0.3) is 0 Å². The minimum absolute atomic E-state index is 0.0693. The minimum Gasteiger partial charge on any atom is -0.294 e. The van der Waals surface area contributed by atoms with Gasteiger partial charge in [-0.2, -0.15) is 11.8 Å². The van der Waals surface area contributed by atoms with Gasteiger partial charge in [0.2, 0.25) is 5.91 Å². The van der Waals surface area contributed by atoms with Crippen molar-refractivity contribution >= 4 is 17.7 Å². The second-order valence-corrected chi connectivity index (χ2v) is 4.29. The van der Waals surface area contributed by atoms with Crippen molar-refractivity contribution in [3.8, 4) is 0 Å². The van der Waals surface area contributed by atoms with Gasteiger partial charge in [-0.05, 0) is 23.8 Å². The molecule has 4 heteroatoms. The summed E-state index contributed by atoms with van der Waals surface area (Å²) in [5.41, 5.74) is 2.12. The molecular formula is C8H18N2OS. The number of rotatable bonds is 6. The van der Waals surface area contributed by atoms with E-state index in [4.69, 9.17) is 5.84 Å².